The lowest BCUT2D eigenvalue weighted by Crippen LogP contribution is -2.18. The number of amides is 1. The van der Waals surface area contributed by atoms with Gasteiger partial charge in [0.1, 0.15) is 24.7 Å². The summed E-state index contributed by atoms with van der Waals surface area (Å²) in [6.07, 6.45) is 0.754. The molecule has 0 bridgehead atoms. The molecular weight excluding hydrogens is 454 g/mol. The van der Waals surface area contributed by atoms with Crippen LogP contribution in [0, 0.1) is 5.92 Å². The average Bonchev–Trinajstić information content (AvgIpc) is 2.85. The van der Waals surface area contributed by atoms with E-state index in [1.54, 1.807) is 48.5 Å². The van der Waals surface area contributed by atoms with Crippen LogP contribution in [0.25, 0.3) is 0 Å². The fourth-order valence-electron chi connectivity index (χ4n) is 2.71. The second kappa shape index (κ2) is 15.5. The summed E-state index contributed by atoms with van der Waals surface area (Å²) in [6, 6.07) is 13.1. The lowest BCUT2D eigenvalue weighted by molar-refractivity contribution is -0.149. The van der Waals surface area contributed by atoms with Gasteiger partial charge in [-0.2, -0.15) is 0 Å². The zero-order valence-corrected chi connectivity index (χ0v) is 20.4. The molecule has 0 saturated carbocycles. The molecule has 2 rings (SSSR count). The van der Waals surface area contributed by atoms with Crippen molar-refractivity contribution in [3.8, 4) is 11.5 Å². The summed E-state index contributed by atoms with van der Waals surface area (Å²) in [6.45, 7) is 7.28. The molecule has 0 aliphatic carbocycles. The van der Waals surface area contributed by atoms with Crippen LogP contribution in [-0.4, -0.2) is 57.5 Å². The van der Waals surface area contributed by atoms with E-state index in [0.29, 0.717) is 55.8 Å². The van der Waals surface area contributed by atoms with Crippen molar-refractivity contribution >= 4 is 23.5 Å². The second-order valence-corrected chi connectivity index (χ2v) is 7.67. The van der Waals surface area contributed by atoms with Crippen LogP contribution < -0.4 is 14.8 Å². The van der Waals surface area contributed by atoms with Gasteiger partial charge in [0.15, 0.2) is 0 Å². The molecule has 35 heavy (non-hydrogen) atoms. The van der Waals surface area contributed by atoms with Crippen LogP contribution in [0.5, 0.6) is 11.5 Å². The standard InChI is InChI=1S/C26H33NO8/c1-4-19(2)25(29)34-18-16-32-14-13-31-15-17-33-23-9-5-21(6-10-23)26(30)35-24-11-7-22(8-12-24)27-20(3)28/h5-12,19H,4,13-18H2,1-3H3,(H,27,28). The molecule has 0 aliphatic heterocycles. The van der Waals surface area contributed by atoms with Gasteiger partial charge >= 0.3 is 11.9 Å². The monoisotopic (exact) mass is 487 g/mol. The van der Waals surface area contributed by atoms with Crippen molar-refractivity contribution in [2.45, 2.75) is 27.2 Å². The molecule has 9 nitrogen and oxygen atoms in total. The van der Waals surface area contributed by atoms with E-state index in [2.05, 4.69) is 5.32 Å². The van der Waals surface area contributed by atoms with E-state index in [9.17, 15) is 14.4 Å². The molecule has 9 heteroatoms. The third-order valence-electron chi connectivity index (χ3n) is 4.83. The maximum Gasteiger partial charge on any atom is 0.343 e. The van der Waals surface area contributed by atoms with E-state index in [4.69, 9.17) is 23.7 Å². The topological polar surface area (TPSA) is 109 Å². The predicted molar refractivity (Wildman–Crippen MR) is 130 cm³/mol. The Kier molecular flexibility index (Phi) is 12.3. The van der Waals surface area contributed by atoms with Crippen molar-refractivity contribution in [3.05, 3.63) is 54.1 Å². The smallest absolute Gasteiger partial charge is 0.343 e. The van der Waals surface area contributed by atoms with Crippen LogP contribution in [-0.2, 0) is 23.8 Å². The number of hydrogen-bond acceptors (Lipinski definition) is 8. The van der Waals surface area contributed by atoms with Gasteiger partial charge in [-0.05, 0) is 55.0 Å². The number of benzene rings is 2. The van der Waals surface area contributed by atoms with Gasteiger partial charge in [-0.15, -0.1) is 0 Å². The van der Waals surface area contributed by atoms with Gasteiger partial charge in [-0.3, -0.25) is 9.59 Å². The van der Waals surface area contributed by atoms with Crippen molar-refractivity contribution in [3.63, 3.8) is 0 Å². The van der Waals surface area contributed by atoms with E-state index in [1.807, 2.05) is 13.8 Å². The lowest BCUT2D eigenvalue weighted by atomic mass is 10.1. The van der Waals surface area contributed by atoms with E-state index in [-0.39, 0.29) is 24.4 Å². The van der Waals surface area contributed by atoms with E-state index < -0.39 is 5.97 Å². The Hall–Kier alpha value is -3.43. The molecule has 1 atom stereocenters. The summed E-state index contributed by atoms with van der Waals surface area (Å²) in [4.78, 5) is 34.9. The van der Waals surface area contributed by atoms with Crippen LogP contribution in [0.2, 0.25) is 0 Å². The fraction of sp³-hybridized carbons (Fsp3) is 0.423. The summed E-state index contributed by atoms with van der Waals surface area (Å²) >= 11 is 0. The van der Waals surface area contributed by atoms with Gasteiger partial charge in [0.05, 0.1) is 37.9 Å². The molecule has 0 fully saturated rings. The van der Waals surface area contributed by atoms with Crippen LogP contribution in [0.4, 0.5) is 5.69 Å². The summed E-state index contributed by atoms with van der Waals surface area (Å²) in [5.41, 5.74) is 1.00. The molecule has 1 amide bonds. The van der Waals surface area contributed by atoms with E-state index in [1.165, 1.54) is 6.92 Å². The number of hydrogen-bond donors (Lipinski definition) is 1. The van der Waals surface area contributed by atoms with Crippen LogP contribution >= 0.6 is 0 Å². The first-order chi connectivity index (χ1) is 16.9. The maximum atomic E-state index is 12.3. The predicted octanol–water partition coefficient (Wildman–Crippen LogP) is 3.87. The van der Waals surface area contributed by atoms with Crippen molar-refractivity contribution in [1.29, 1.82) is 0 Å². The molecule has 0 aliphatic rings. The van der Waals surface area contributed by atoms with Crippen LogP contribution in [0.1, 0.15) is 37.6 Å². The van der Waals surface area contributed by atoms with Gasteiger partial charge in [-0.25, -0.2) is 4.79 Å². The van der Waals surface area contributed by atoms with E-state index in [0.717, 1.165) is 6.42 Å². The third kappa shape index (κ3) is 11.0. The summed E-state index contributed by atoms with van der Waals surface area (Å²) in [5.74, 6) is 0.00287. The lowest BCUT2D eigenvalue weighted by Gasteiger charge is -2.10. The third-order valence-corrected chi connectivity index (χ3v) is 4.83. The second-order valence-electron chi connectivity index (χ2n) is 7.67. The number of carbonyl (C=O) groups is 3. The molecule has 1 N–H and O–H groups in total. The summed E-state index contributed by atoms with van der Waals surface area (Å²) in [5, 5.41) is 2.65. The normalized spacial score (nSPS) is 11.4. The Labute approximate surface area is 205 Å². The van der Waals surface area contributed by atoms with Gasteiger partial charge < -0.3 is 29.0 Å². The molecule has 1 unspecified atom stereocenters. The highest BCUT2D eigenvalue weighted by Crippen LogP contribution is 2.18. The molecule has 0 saturated heterocycles. The molecule has 2 aromatic carbocycles. The Morgan fingerprint density at radius 1 is 0.800 bits per heavy atom. The zero-order chi connectivity index (χ0) is 25.5. The SMILES string of the molecule is CCC(C)C(=O)OCCOCCOCCOc1ccc(C(=O)Oc2ccc(NC(C)=O)cc2)cc1. The number of rotatable bonds is 15. The minimum Gasteiger partial charge on any atom is -0.491 e. The van der Waals surface area contributed by atoms with Gasteiger partial charge in [-0.1, -0.05) is 13.8 Å². The van der Waals surface area contributed by atoms with Crippen LogP contribution in [0.15, 0.2) is 48.5 Å². The zero-order valence-electron chi connectivity index (χ0n) is 20.4. The number of ether oxygens (including phenoxy) is 5. The minimum atomic E-state index is -0.498. The molecule has 0 aromatic heterocycles. The highest BCUT2D eigenvalue weighted by Gasteiger charge is 2.11. The number of nitrogens with one attached hydrogen (secondary N) is 1. The fourth-order valence-corrected chi connectivity index (χ4v) is 2.71. The van der Waals surface area contributed by atoms with Crippen molar-refractivity contribution in [2.75, 3.05) is 45.0 Å². The maximum absolute atomic E-state index is 12.3. The summed E-state index contributed by atoms with van der Waals surface area (Å²) < 4.78 is 26.8. The number of anilines is 1. The van der Waals surface area contributed by atoms with Crippen LogP contribution in [0.3, 0.4) is 0 Å². The molecular formula is C26H33NO8. The quantitative estimate of drug-likeness (QED) is 0.229. The Morgan fingerprint density at radius 2 is 1.37 bits per heavy atom. The van der Waals surface area contributed by atoms with E-state index >= 15 is 0 Å². The summed E-state index contributed by atoms with van der Waals surface area (Å²) in [7, 11) is 0. The van der Waals surface area contributed by atoms with Crippen molar-refractivity contribution < 1.29 is 38.1 Å². The highest BCUT2D eigenvalue weighted by atomic mass is 16.6. The molecule has 190 valence electrons. The highest BCUT2D eigenvalue weighted by molar-refractivity contribution is 5.91. The van der Waals surface area contributed by atoms with Gasteiger partial charge in [0.2, 0.25) is 5.91 Å². The number of esters is 2. The van der Waals surface area contributed by atoms with Gasteiger partial charge in [0, 0.05) is 12.6 Å². The number of carbonyl (C=O) groups excluding carboxylic acids is 3. The Bertz CT molecular complexity index is 927. The first-order valence-electron chi connectivity index (χ1n) is 11.5. The molecule has 0 heterocycles. The first kappa shape index (κ1) is 27.8. The molecule has 0 spiro atoms. The average molecular weight is 488 g/mol. The Morgan fingerprint density at radius 3 is 1.97 bits per heavy atom. The van der Waals surface area contributed by atoms with Crippen molar-refractivity contribution in [2.24, 2.45) is 5.92 Å². The molecule has 2 aromatic rings. The van der Waals surface area contributed by atoms with Crippen molar-refractivity contribution in [1.82, 2.24) is 0 Å². The first-order valence-corrected chi connectivity index (χ1v) is 11.5. The van der Waals surface area contributed by atoms with Gasteiger partial charge in [0.25, 0.3) is 0 Å². The minimum absolute atomic E-state index is 0.0931. The Balaban J connectivity index is 1.57. The largest absolute Gasteiger partial charge is 0.491 e. The molecule has 0 radical (unpaired) electrons.